The molecule has 3 aromatic carbocycles. The van der Waals surface area contributed by atoms with Crippen LogP contribution in [-0.2, 0) is 0 Å². The van der Waals surface area contributed by atoms with Crippen molar-refractivity contribution in [2.24, 2.45) is 0 Å². The number of rotatable bonds is 5. The molecular weight excluding hydrogens is 342 g/mol. The number of ether oxygens (including phenoxy) is 3. The van der Waals surface area contributed by atoms with Gasteiger partial charge < -0.3 is 19.2 Å². The monoisotopic (exact) mass is 361 g/mol. The molecule has 0 atom stereocenters. The zero-order valence-corrected chi connectivity index (χ0v) is 15.3. The maximum absolute atomic E-state index is 13.4. The maximum Gasteiger partial charge on any atom is 0.204 e. The first-order valence-electron chi connectivity index (χ1n) is 8.52. The molecule has 0 aliphatic heterocycles. The number of hydrogen-bond acceptors (Lipinski definition) is 4. The Hall–Kier alpha value is -3.47. The van der Waals surface area contributed by atoms with Gasteiger partial charge in [0.1, 0.15) is 0 Å². The number of aromatic amines is 1. The summed E-state index contributed by atoms with van der Waals surface area (Å²) in [4.78, 5) is 16.8. The zero-order valence-electron chi connectivity index (χ0n) is 15.3. The van der Waals surface area contributed by atoms with Crippen LogP contribution in [0.1, 0.15) is 15.9 Å². The van der Waals surface area contributed by atoms with Gasteiger partial charge in [-0.1, -0.05) is 30.3 Å². The molecule has 4 rings (SSSR count). The van der Waals surface area contributed by atoms with Crippen molar-refractivity contribution in [2.45, 2.75) is 0 Å². The molecule has 1 N–H and O–H groups in total. The van der Waals surface area contributed by atoms with E-state index in [4.69, 9.17) is 14.2 Å². The third-order valence-corrected chi connectivity index (χ3v) is 4.73. The van der Waals surface area contributed by atoms with Gasteiger partial charge in [-0.15, -0.1) is 0 Å². The number of H-pyrrole nitrogens is 1. The van der Waals surface area contributed by atoms with Crippen molar-refractivity contribution < 1.29 is 19.0 Å². The fourth-order valence-corrected chi connectivity index (χ4v) is 3.49. The van der Waals surface area contributed by atoms with E-state index in [9.17, 15) is 4.79 Å². The van der Waals surface area contributed by atoms with E-state index in [2.05, 4.69) is 4.98 Å². The van der Waals surface area contributed by atoms with Crippen molar-refractivity contribution >= 4 is 27.6 Å². The molecule has 0 bridgehead atoms. The van der Waals surface area contributed by atoms with Crippen LogP contribution in [0, 0.1) is 0 Å². The normalized spacial score (nSPS) is 10.9. The lowest BCUT2D eigenvalue weighted by atomic mass is 9.99. The van der Waals surface area contributed by atoms with Crippen molar-refractivity contribution in [2.75, 3.05) is 21.3 Å². The topological polar surface area (TPSA) is 60.6 Å². The van der Waals surface area contributed by atoms with E-state index in [0.717, 1.165) is 21.8 Å². The number of para-hydroxylation sites is 2. The van der Waals surface area contributed by atoms with E-state index in [1.54, 1.807) is 19.2 Å². The van der Waals surface area contributed by atoms with Crippen LogP contribution >= 0.6 is 0 Å². The van der Waals surface area contributed by atoms with Crippen molar-refractivity contribution in [3.05, 3.63) is 65.7 Å². The SMILES string of the molecule is COc1ccc(C(=O)c2cccc3c2[nH]c2ccccc23)c(OC)c1OC. The summed E-state index contributed by atoms with van der Waals surface area (Å²) < 4.78 is 16.2. The first-order valence-corrected chi connectivity index (χ1v) is 8.52. The van der Waals surface area contributed by atoms with Crippen molar-refractivity contribution in [1.29, 1.82) is 0 Å². The van der Waals surface area contributed by atoms with Crippen LogP contribution in [0.4, 0.5) is 0 Å². The van der Waals surface area contributed by atoms with E-state index < -0.39 is 0 Å². The molecule has 5 heteroatoms. The number of fused-ring (bicyclic) bond motifs is 3. The molecule has 0 saturated heterocycles. The van der Waals surface area contributed by atoms with E-state index in [-0.39, 0.29) is 5.78 Å². The quantitative estimate of drug-likeness (QED) is 0.529. The van der Waals surface area contributed by atoms with Gasteiger partial charge in [0.05, 0.1) is 32.4 Å². The van der Waals surface area contributed by atoms with Gasteiger partial charge in [-0.05, 0) is 24.3 Å². The van der Waals surface area contributed by atoms with Crippen LogP contribution in [0.3, 0.4) is 0 Å². The number of ketones is 1. The fourth-order valence-electron chi connectivity index (χ4n) is 3.49. The standard InChI is InChI=1S/C22H19NO4/c1-25-18-12-11-16(21(26-2)22(18)27-3)20(24)15-9-6-8-14-13-7-4-5-10-17(13)23-19(14)15/h4-12,23H,1-3H3. The zero-order chi connectivity index (χ0) is 19.0. The lowest BCUT2D eigenvalue weighted by Gasteiger charge is -2.15. The van der Waals surface area contributed by atoms with Gasteiger partial charge >= 0.3 is 0 Å². The van der Waals surface area contributed by atoms with E-state index in [1.807, 2.05) is 42.5 Å². The summed E-state index contributed by atoms with van der Waals surface area (Å²) in [6, 6.07) is 17.1. The predicted molar refractivity (Wildman–Crippen MR) is 105 cm³/mol. The van der Waals surface area contributed by atoms with Crippen LogP contribution in [0.5, 0.6) is 17.2 Å². The minimum atomic E-state index is -0.148. The number of carbonyl (C=O) groups is 1. The van der Waals surface area contributed by atoms with E-state index in [1.165, 1.54) is 14.2 Å². The van der Waals surface area contributed by atoms with Crippen molar-refractivity contribution in [3.8, 4) is 17.2 Å². The number of hydrogen-bond donors (Lipinski definition) is 1. The number of benzene rings is 3. The Balaban J connectivity index is 1.94. The number of nitrogens with one attached hydrogen (secondary N) is 1. The lowest BCUT2D eigenvalue weighted by molar-refractivity contribution is 0.103. The average Bonchev–Trinajstić information content (AvgIpc) is 3.10. The highest BCUT2D eigenvalue weighted by molar-refractivity contribution is 6.21. The largest absolute Gasteiger partial charge is 0.493 e. The third kappa shape index (κ3) is 2.59. The molecule has 0 fully saturated rings. The summed E-state index contributed by atoms with van der Waals surface area (Å²) in [7, 11) is 4.58. The van der Waals surface area contributed by atoms with Gasteiger partial charge in [-0.2, -0.15) is 0 Å². The highest BCUT2D eigenvalue weighted by atomic mass is 16.5. The molecular formula is C22H19NO4. The molecule has 4 aromatic rings. The Bertz CT molecular complexity index is 1160. The molecule has 1 heterocycles. The first kappa shape index (κ1) is 17.0. The van der Waals surface area contributed by atoms with Crippen LogP contribution in [-0.4, -0.2) is 32.1 Å². The van der Waals surface area contributed by atoms with Gasteiger partial charge in [0.25, 0.3) is 0 Å². The number of methoxy groups -OCH3 is 3. The van der Waals surface area contributed by atoms with Crippen LogP contribution in [0.2, 0.25) is 0 Å². The molecule has 0 aliphatic rings. The Morgan fingerprint density at radius 2 is 1.48 bits per heavy atom. The lowest BCUT2D eigenvalue weighted by Crippen LogP contribution is -2.07. The second kappa shape index (κ2) is 6.68. The van der Waals surface area contributed by atoms with E-state index >= 15 is 0 Å². The number of aromatic nitrogens is 1. The highest BCUT2D eigenvalue weighted by Crippen LogP contribution is 2.41. The maximum atomic E-state index is 13.4. The van der Waals surface area contributed by atoms with Crippen molar-refractivity contribution in [1.82, 2.24) is 4.98 Å². The fraction of sp³-hybridized carbons (Fsp3) is 0.136. The summed E-state index contributed by atoms with van der Waals surface area (Å²) in [6.45, 7) is 0. The molecule has 0 radical (unpaired) electrons. The van der Waals surface area contributed by atoms with Crippen LogP contribution in [0.25, 0.3) is 21.8 Å². The van der Waals surface area contributed by atoms with Gasteiger partial charge in [0.15, 0.2) is 17.3 Å². The van der Waals surface area contributed by atoms with Gasteiger partial charge in [0.2, 0.25) is 5.75 Å². The highest BCUT2D eigenvalue weighted by Gasteiger charge is 2.23. The van der Waals surface area contributed by atoms with Crippen LogP contribution in [0.15, 0.2) is 54.6 Å². The Labute approximate surface area is 156 Å². The second-order valence-corrected chi connectivity index (χ2v) is 6.11. The Morgan fingerprint density at radius 3 is 2.22 bits per heavy atom. The molecule has 0 unspecified atom stereocenters. The second-order valence-electron chi connectivity index (χ2n) is 6.11. The predicted octanol–water partition coefficient (Wildman–Crippen LogP) is 4.58. The van der Waals surface area contributed by atoms with Gasteiger partial charge in [0, 0.05) is 21.9 Å². The first-order chi connectivity index (χ1) is 13.2. The summed E-state index contributed by atoms with van der Waals surface area (Å²) in [5.74, 6) is 1.12. The van der Waals surface area contributed by atoms with Crippen molar-refractivity contribution in [3.63, 3.8) is 0 Å². The molecule has 0 saturated carbocycles. The summed E-state index contributed by atoms with van der Waals surface area (Å²) in [5.41, 5.74) is 2.79. The van der Waals surface area contributed by atoms with Crippen LogP contribution < -0.4 is 14.2 Å². The van der Waals surface area contributed by atoms with Gasteiger partial charge in [-0.25, -0.2) is 0 Å². The summed E-state index contributed by atoms with van der Waals surface area (Å²) >= 11 is 0. The molecule has 1 aromatic heterocycles. The smallest absolute Gasteiger partial charge is 0.204 e. The minimum absolute atomic E-state index is 0.148. The molecule has 0 amide bonds. The molecule has 0 spiro atoms. The summed E-state index contributed by atoms with van der Waals surface area (Å²) in [5, 5.41) is 2.09. The molecule has 27 heavy (non-hydrogen) atoms. The Morgan fingerprint density at radius 1 is 0.741 bits per heavy atom. The summed E-state index contributed by atoms with van der Waals surface area (Å²) in [6.07, 6.45) is 0. The Kier molecular flexibility index (Phi) is 4.20. The average molecular weight is 361 g/mol. The molecule has 0 aliphatic carbocycles. The number of carbonyl (C=O) groups excluding carboxylic acids is 1. The molecule has 136 valence electrons. The van der Waals surface area contributed by atoms with E-state index in [0.29, 0.717) is 28.4 Å². The van der Waals surface area contributed by atoms with Gasteiger partial charge in [-0.3, -0.25) is 4.79 Å². The third-order valence-electron chi connectivity index (χ3n) is 4.73. The molecule has 5 nitrogen and oxygen atoms in total. The minimum Gasteiger partial charge on any atom is -0.493 e.